The quantitative estimate of drug-likeness (QED) is 0.168. The summed E-state index contributed by atoms with van der Waals surface area (Å²) in [7, 11) is 0. The zero-order valence-corrected chi connectivity index (χ0v) is 31.3. The third-order valence-electron chi connectivity index (χ3n) is 13.4. The molecule has 3 nitrogen and oxygen atoms in total. The lowest BCUT2D eigenvalue weighted by Gasteiger charge is -2.39. The molecule has 0 saturated carbocycles. The van der Waals surface area contributed by atoms with Crippen molar-refractivity contribution >= 4 is 22.4 Å². The van der Waals surface area contributed by atoms with Crippen LogP contribution in [-0.4, -0.2) is 10.0 Å². The first-order valence-corrected chi connectivity index (χ1v) is 20.3. The average Bonchev–Trinajstić information content (AvgIpc) is 3.77. The predicted molar refractivity (Wildman–Crippen MR) is 229 cm³/mol. The molecule has 7 aromatic carbocycles. The fourth-order valence-electron chi connectivity index (χ4n) is 11.0. The Morgan fingerprint density at radius 1 is 0.614 bits per heavy atom. The highest BCUT2D eigenvalue weighted by Gasteiger charge is 2.57. The summed E-state index contributed by atoms with van der Waals surface area (Å²) in [6.07, 6.45) is 16.6. The molecule has 3 unspecified atom stereocenters. The molecular weight excluding hydrogens is 693 g/mol. The Hall–Kier alpha value is -6.68. The van der Waals surface area contributed by atoms with Crippen molar-refractivity contribution in [2.24, 2.45) is 5.92 Å². The number of benzene rings is 7. The SMILES string of the molecule is C1=Cc2cc(C3C=C(C4C=CC(c5ccc6c(c5)C5(c7ccccc7O6)c6ccccc6-c6ccccc65)=CC4)N4C(c5ccccc5)[N@@]34)cc3cccc(c23)C1. The summed E-state index contributed by atoms with van der Waals surface area (Å²) in [5.41, 5.74) is 16.5. The number of rotatable bonds is 4. The van der Waals surface area contributed by atoms with Gasteiger partial charge in [0, 0.05) is 22.7 Å². The van der Waals surface area contributed by atoms with Crippen LogP contribution < -0.4 is 4.74 Å². The van der Waals surface area contributed by atoms with E-state index < -0.39 is 5.41 Å². The van der Waals surface area contributed by atoms with Crippen LogP contribution in [0.5, 0.6) is 11.5 Å². The molecule has 57 heavy (non-hydrogen) atoms. The molecule has 1 spiro atoms. The zero-order chi connectivity index (χ0) is 37.2. The number of nitrogens with zero attached hydrogens (tertiary/aromatic N) is 2. The van der Waals surface area contributed by atoms with Crippen LogP contribution in [0, 0.1) is 5.92 Å². The minimum atomic E-state index is -0.466. The van der Waals surface area contributed by atoms with E-state index in [1.54, 1.807) is 0 Å². The smallest absolute Gasteiger partial charge is 0.141 e. The van der Waals surface area contributed by atoms with Crippen molar-refractivity contribution in [1.29, 1.82) is 0 Å². The van der Waals surface area contributed by atoms with Crippen LogP contribution in [0.15, 0.2) is 188 Å². The first-order chi connectivity index (χ1) is 28.3. The van der Waals surface area contributed by atoms with E-state index in [0.29, 0.717) is 0 Å². The molecule has 13 rings (SSSR count). The number of hydrazine groups is 1. The van der Waals surface area contributed by atoms with Gasteiger partial charge in [-0.25, -0.2) is 0 Å². The van der Waals surface area contributed by atoms with Crippen LogP contribution in [0.3, 0.4) is 0 Å². The summed E-state index contributed by atoms with van der Waals surface area (Å²) in [6.45, 7) is 0. The van der Waals surface area contributed by atoms with E-state index in [1.807, 2.05) is 0 Å². The normalized spacial score (nSPS) is 22.2. The number of hydrogen-bond donors (Lipinski definition) is 0. The van der Waals surface area contributed by atoms with Gasteiger partial charge in [-0.05, 0) is 116 Å². The standard InChI is InChI=1S/C54H38N2O/c1-2-12-37(13-3-1)53-55-48(33-49(56(53)55)41-30-39-16-10-14-36-15-11-17-40(31-41)52(36)39)35-26-24-34(25-27-35)38-28-29-51-47(32-38)54(46-22-8-9-23-50(46)57-51)44-20-6-4-18-42(44)43-19-5-7-21-45(43)54/h1-14,16-26,28-33,35,49,53H,15,27H2/t35?,49?,53?,55?,56-/m1/s1. The number of allylic oxidation sites excluding steroid dienone is 5. The van der Waals surface area contributed by atoms with Crippen molar-refractivity contribution in [2.75, 3.05) is 0 Å². The molecule has 3 heteroatoms. The summed E-state index contributed by atoms with van der Waals surface area (Å²) >= 11 is 0. The van der Waals surface area contributed by atoms with Crippen LogP contribution >= 0.6 is 0 Å². The highest BCUT2D eigenvalue weighted by Crippen LogP contribution is 2.63. The van der Waals surface area contributed by atoms with Crippen LogP contribution in [0.25, 0.3) is 33.5 Å². The molecule has 3 aliphatic carbocycles. The lowest BCUT2D eigenvalue weighted by atomic mass is 9.65. The van der Waals surface area contributed by atoms with Crippen molar-refractivity contribution in [3.8, 4) is 22.6 Å². The van der Waals surface area contributed by atoms with Crippen LogP contribution in [0.2, 0.25) is 0 Å². The van der Waals surface area contributed by atoms with Gasteiger partial charge >= 0.3 is 0 Å². The highest BCUT2D eigenvalue weighted by atomic mass is 16.5. The molecule has 6 aliphatic rings. The number of hydrogen-bond acceptors (Lipinski definition) is 3. The first kappa shape index (κ1) is 31.5. The van der Waals surface area contributed by atoms with Crippen molar-refractivity contribution < 1.29 is 4.74 Å². The number of para-hydroxylation sites is 1. The van der Waals surface area contributed by atoms with Crippen LogP contribution in [-0.2, 0) is 11.8 Å². The lowest BCUT2D eigenvalue weighted by Crippen LogP contribution is -2.32. The Bertz CT molecular complexity index is 2940. The largest absolute Gasteiger partial charge is 0.457 e. The van der Waals surface area contributed by atoms with Gasteiger partial charge in [0.25, 0.3) is 0 Å². The van der Waals surface area contributed by atoms with E-state index in [9.17, 15) is 0 Å². The van der Waals surface area contributed by atoms with Crippen molar-refractivity contribution in [1.82, 2.24) is 10.0 Å². The Labute approximate surface area is 332 Å². The van der Waals surface area contributed by atoms with Gasteiger partial charge in [0.1, 0.15) is 17.7 Å². The van der Waals surface area contributed by atoms with Crippen LogP contribution in [0.1, 0.15) is 68.7 Å². The highest BCUT2D eigenvalue weighted by molar-refractivity contribution is 5.96. The topological polar surface area (TPSA) is 15.2 Å². The van der Waals surface area contributed by atoms with Gasteiger partial charge in [0.2, 0.25) is 0 Å². The molecular formula is C54H38N2O. The second-order valence-corrected chi connectivity index (χ2v) is 16.3. The maximum atomic E-state index is 6.72. The van der Waals surface area contributed by atoms with Crippen molar-refractivity contribution in [2.45, 2.75) is 30.5 Å². The second kappa shape index (κ2) is 11.7. The van der Waals surface area contributed by atoms with E-state index >= 15 is 0 Å². The Morgan fingerprint density at radius 3 is 2.18 bits per heavy atom. The third-order valence-corrected chi connectivity index (χ3v) is 13.4. The summed E-state index contributed by atoms with van der Waals surface area (Å²) in [6, 6.07) is 56.2. The fraction of sp³-hybridized carbons (Fsp3) is 0.111. The van der Waals surface area contributed by atoms with E-state index in [1.165, 1.54) is 83.2 Å². The average molecular weight is 731 g/mol. The molecule has 1 saturated heterocycles. The van der Waals surface area contributed by atoms with Gasteiger partial charge in [-0.2, -0.15) is 5.01 Å². The predicted octanol–water partition coefficient (Wildman–Crippen LogP) is 12.7. The van der Waals surface area contributed by atoms with Gasteiger partial charge < -0.3 is 4.74 Å². The number of ether oxygens (including phenoxy) is 1. The second-order valence-electron chi connectivity index (χ2n) is 16.3. The first-order valence-electron chi connectivity index (χ1n) is 20.3. The van der Waals surface area contributed by atoms with E-state index in [-0.39, 0.29) is 18.1 Å². The summed E-state index contributed by atoms with van der Waals surface area (Å²) in [5, 5.41) is 7.89. The van der Waals surface area contributed by atoms with Gasteiger partial charge in [-0.3, -0.25) is 5.01 Å². The minimum Gasteiger partial charge on any atom is -0.457 e. The molecule has 4 atom stereocenters. The molecule has 0 bridgehead atoms. The Balaban J connectivity index is 0.881. The van der Waals surface area contributed by atoms with Gasteiger partial charge in [0.05, 0.1) is 11.5 Å². The summed E-state index contributed by atoms with van der Waals surface area (Å²) in [4.78, 5) is 0. The molecule has 0 N–H and O–H groups in total. The molecule has 0 radical (unpaired) electrons. The zero-order valence-electron chi connectivity index (χ0n) is 31.3. The Kier molecular flexibility index (Phi) is 6.45. The van der Waals surface area contributed by atoms with E-state index in [0.717, 1.165) is 24.3 Å². The molecule has 0 aromatic heterocycles. The molecule has 270 valence electrons. The van der Waals surface area contributed by atoms with E-state index in [4.69, 9.17) is 4.74 Å². The molecule has 7 aromatic rings. The molecule has 0 amide bonds. The summed E-state index contributed by atoms with van der Waals surface area (Å²) < 4.78 is 6.72. The van der Waals surface area contributed by atoms with Crippen LogP contribution in [0.4, 0.5) is 0 Å². The molecule has 1 fully saturated rings. The van der Waals surface area contributed by atoms with E-state index in [2.05, 4.69) is 198 Å². The fourth-order valence-corrected chi connectivity index (χ4v) is 11.0. The minimum absolute atomic E-state index is 0.181. The lowest BCUT2D eigenvalue weighted by molar-refractivity contribution is 0.338. The third kappa shape index (κ3) is 4.35. The maximum Gasteiger partial charge on any atom is 0.141 e. The summed E-state index contributed by atoms with van der Waals surface area (Å²) in [5.74, 6) is 2.13. The van der Waals surface area contributed by atoms with Crippen molar-refractivity contribution in [3.05, 3.63) is 238 Å². The number of fused-ring (bicyclic) bond motifs is 10. The maximum absolute atomic E-state index is 6.72. The Morgan fingerprint density at radius 2 is 1.37 bits per heavy atom. The molecule has 3 aliphatic heterocycles. The van der Waals surface area contributed by atoms with Gasteiger partial charge in [-0.1, -0.05) is 152 Å². The van der Waals surface area contributed by atoms with Crippen molar-refractivity contribution in [3.63, 3.8) is 0 Å². The van der Waals surface area contributed by atoms with Gasteiger partial charge in [0.15, 0.2) is 0 Å². The van der Waals surface area contributed by atoms with Gasteiger partial charge in [-0.15, -0.1) is 0 Å². The molecule has 3 heterocycles. The monoisotopic (exact) mass is 730 g/mol.